The second-order valence-electron chi connectivity index (χ2n) is 7.07. The standard InChI is InChI=1S/C20H30N2O2/c23-20-10-6-7-16-15-18(11-12-19(16)22-20)24-14-5-4-13-21-17-8-2-1-3-9-17/h11-12,15,17,21H,1-10,13-14H2,(H,22,23). The predicted octanol–water partition coefficient (Wildman–Crippen LogP) is 4.04. The van der Waals surface area contributed by atoms with Gasteiger partial charge in [0.25, 0.3) is 0 Å². The SMILES string of the molecule is O=C1CCCc2cc(OCCCCNC3CCCCC3)ccc2N1. The largest absolute Gasteiger partial charge is 0.494 e. The van der Waals surface area contributed by atoms with E-state index in [-0.39, 0.29) is 5.91 Å². The number of hydrogen-bond acceptors (Lipinski definition) is 3. The summed E-state index contributed by atoms with van der Waals surface area (Å²) in [6.07, 6.45) is 11.6. The molecule has 2 aliphatic rings. The third kappa shape index (κ3) is 5.23. The van der Waals surface area contributed by atoms with Crippen LogP contribution >= 0.6 is 0 Å². The van der Waals surface area contributed by atoms with Gasteiger partial charge < -0.3 is 15.4 Å². The molecule has 132 valence electrons. The zero-order valence-corrected chi connectivity index (χ0v) is 14.6. The molecule has 0 atom stereocenters. The summed E-state index contributed by atoms with van der Waals surface area (Å²) >= 11 is 0. The Morgan fingerprint density at radius 1 is 1.08 bits per heavy atom. The second-order valence-corrected chi connectivity index (χ2v) is 7.07. The van der Waals surface area contributed by atoms with E-state index in [1.165, 1.54) is 37.7 Å². The first kappa shape index (κ1) is 17.3. The number of benzene rings is 1. The van der Waals surface area contributed by atoms with E-state index in [2.05, 4.69) is 16.7 Å². The molecule has 1 saturated carbocycles. The highest BCUT2D eigenvalue weighted by Gasteiger charge is 2.13. The number of ether oxygens (including phenoxy) is 1. The van der Waals surface area contributed by atoms with Crippen molar-refractivity contribution in [3.8, 4) is 5.75 Å². The van der Waals surface area contributed by atoms with Crippen LogP contribution in [0.2, 0.25) is 0 Å². The molecule has 1 aromatic rings. The van der Waals surface area contributed by atoms with Gasteiger partial charge in [-0.05, 0) is 68.8 Å². The first-order valence-corrected chi connectivity index (χ1v) is 9.60. The van der Waals surface area contributed by atoms with Crippen LogP contribution in [0, 0.1) is 0 Å². The Morgan fingerprint density at radius 2 is 1.96 bits per heavy atom. The summed E-state index contributed by atoms with van der Waals surface area (Å²) in [5, 5.41) is 6.64. The van der Waals surface area contributed by atoms with Gasteiger partial charge in [-0.1, -0.05) is 19.3 Å². The van der Waals surface area contributed by atoms with Gasteiger partial charge in [-0.15, -0.1) is 0 Å². The van der Waals surface area contributed by atoms with Crippen LogP contribution in [0.5, 0.6) is 5.75 Å². The van der Waals surface area contributed by atoms with E-state index < -0.39 is 0 Å². The van der Waals surface area contributed by atoms with E-state index in [9.17, 15) is 4.79 Å². The van der Waals surface area contributed by atoms with Crippen molar-refractivity contribution in [1.82, 2.24) is 5.32 Å². The Balaban J connectivity index is 1.34. The van der Waals surface area contributed by atoms with Crippen molar-refractivity contribution >= 4 is 11.6 Å². The van der Waals surface area contributed by atoms with Crippen LogP contribution in [0.15, 0.2) is 18.2 Å². The molecule has 4 nitrogen and oxygen atoms in total. The predicted molar refractivity (Wildman–Crippen MR) is 97.6 cm³/mol. The highest BCUT2D eigenvalue weighted by Crippen LogP contribution is 2.26. The molecule has 0 aromatic heterocycles. The molecule has 0 spiro atoms. The summed E-state index contributed by atoms with van der Waals surface area (Å²) < 4.78 is 5.89. The molecule has 2 N–H and O–H groups in total. The van der Waals surface area contributed by atoms with Gasteiger partial charge in [0.05, 0.1) is 6.61 Å². The normalized spacial score (nSPS) is 18.6. The van der Waals surface area contributed by atoms with Gasteiger partial charge >= 0.3 is 0 Å². The molecule has 1 amide bonds. The van der Waals surface area contributed by atoms with Crippen LogP contribution in [-0.2, 0) is 11.2 Å². The van der Waals surface area contributed by atoms with Gasteiger partial charge in [-0.2, -0.15) is 0 Å². The van der Waals surface area contributed by atoms with Crippen molar-refractivity contribution in [2.45, 2.75) is 70.3 Å². The lowest BCUT2D eigenvalue weighted by molar-refractivity contribution is -0.116. The molecular weight excluding hydrogens is 300 g/mol. The van der Waals surface area contributed by atoms with E-state index in [0.717, 1.165) is 56.3 Å². The Labute approximate surface area is 145 Å². The number of amides is 1. The number of fused-ring (bicyclic) bond motifs is 1. The molecule has 0 radical (unpaired) electrons. The third-order valence-corrected chi connectivity index (χ3v) is 5.08. The fraction of sp³-hybridized carbons (Fsp3) is 0.650. The van der Waals surface area contributed by atoms with Crippen molar-refractivity contribution < 1.29 is 9.53 Å². The topological polar surface area (TPSA) is 50.4 Å². The first-order valence-electron chi connectivity index (χ1n) is 9.60. The van der Waals surface area contributed by atoms with Crippen LogP contribution in [0.3, 0.4) is 0 Å². The smallest absolute Gasteiger partial charge is 0.224 e. The van der Waals surface area contributed by atoms with E-state index >= 15 is 0 Å². The van der Waals surface area contributed by atoms with E-state index in [0.29, 0.717) is 6.42 Å². The van der Waals surface area contributed by atoms with E-state index in [4.69, 9.17) is 4.74 Å². The minimum atomic E-state index is 0.118. The summed E-state index contributed by atoms with van der Waals surface area (Å²) in [5.74, 6) is 1.04. The van der Waals surface area contributed by atoms with Crippen molar-refractivity contribution in [1.29, 1.82) is 0 Å². The zero-order chi connectivity index (χ0) is 16.6. The summed E-state index contributed by atoms with van der Waals surface area (Å²) in [6.45, 7) is 1.86. The van der Waals surface area contributed by atoms with Gasteiger partial charge in [0.1, 0.15) is 5.75 Å². The zero-order valence-electron chi connectivity index (χ0n) is 14.6. The molecule has 1 aliphatic heterocycles. The van der Waals surface area contributed by atoms with Crippen LogP contribution in [0.4, 0.5) is 5.69 Å². The quantitative estimate of drug-likeness (QED) is 0.742. The minimum Gasteiger partial charge on any atom is -0.494 e. The van der Waals surface area contributed by atoms with Crippen molar-refractivity contribution in [2.75, 3.05) is 18.5 Å². The number of rotatable bonds is 7. The molecule has 4 heteroatoms. The number of aryl methyl sites for hydroxylation is 1. The summed E-state index contributed by atoms with van der Waals surface area (Å²) in [5.41, 5.74) is 2.14. The van der Waals surface area contributed by atoms with E-state index in [1.807, 2.05) is 12.1 Å². The number of carbonyl (C=O) groups excluding carboxylic acids is 1. The Morgan fingerprint density at radius 3 is 2.83 bits per heavy atom. The number of hydrogen-bond donors (Lipinski definition) is 2. The molecule has 24 heavy (non-hydrogen) atoms. The molecular formula is C20H30N2O2. The van der Waals surface area contributed by atoms with Crippen LogP contribution in [0.1, 0.15) is 63.4 Å². The summed E-state index contributed by atoms with van der Waals surface area (Å²) in [6, 6.07) is 6.77. The maximum absolute atomic E-state index is 11.6. The van der Waals surface area contributed by atoms with Crippen molar-refractivity contribution in [2.24, 2.45) is 0 Å². The Bertz CT molecular complexity index is 538. The lowest BCUT2D eigenvalue weighted by Crippen LogP contribution is -2.31. The van der Waals surface area contributed by atoms with Gasteiger partial charge in [-0.3, -0.25) is 4.79 Å². The maximum atomic E-state index is 11.6. The fourth-order valence-electron chi connectivity index (χ4n) is 3.67. The minimum absolute atomic E-state index is 0.118. The van der Waals surface area contributed by atoms with Gasteiger partial charge in [0.2, 0.25) is 5.91 Å². The number of nitrogens with one attached hydrogen (secondary N) is 2. The molecule has 1 aromatic carbocycles. The summed E-state index contributed by atoms with van der Waals surface area (Å²) in [7, 11) is 0. The van der Waals surface area contributed by atoms with Crippen LogP contribution in [0.25, 0.3) is 0 Å². The van der Waals surface area contributed by atoms with Crippen LogP contribution in [-0.4, -0.2) is 25.1 Å². The first-order chi connectivity index (χ1) is 11.8. The average molecular weight is 330 g/mol. The molecule has 0 saturated heterocycles. The maximum Gasteiger partial charge on any atom is 0.224 e. The molecule has 0 bridgehead atoms. The average Bonchev–Trinajstić information content (AvgIpc) is 2.79. The summed E-state index contributed by atoms with van der Waals surface area (Å²) in [4.78, 5) is 11.6. The van der Waals surface area contributed by atoms with Gasteiger partial charge in [0, 0.05) is 18.2 Å². The molecule has 1 aliphatic carbocycles. The molecule has 3 rings (SSSR count). The van der Waals surface area contributed by atoms with Crippen LogP contribution < -0.4 is 15.4 Å². The van der Waals surface area contributed by atoms with Gasteiger partial charge in [-0.25, -0.2) is 0 Å². The number of carbonyl (C=O) groups is 1. The number of anilines is 1. The third-order valence-electron chi connectivity index (χ3n) is 5.08. The van der Waals surface area contributed by atoms with E-state index in [1.54, 1.807) is 0 Å². The highest BCUT2D eigenvalue weighted by molar-refractivity contribution is 5.92. The van der Waals surface area contributed by atoms with Gasteiger partial charge in [0.15, 0.2) is 0 Å². The Kier molecular flexibility index (Phi) is 6.53. The Hall–Kier alpha value is -1.55. The lowest BCUT2D eigenvalue weighted by Gasteiger charge is -2.22. The van der Waals surface area contributed by atoms with Crippen molar-refractivity contribution in [3.63, 3.8) is 0 Å². The molecule has 1 heterocycles. The molecule has 0 unspecified atom stereocenters. The fourth-order valence-corrected chi connectivity index (χ4v) is 3.67. The monoisotopic (exact) mass is 330 g/mol. The highest BCUT2D eigenvalue weighted by atomic mass is 16.5. The lowest BCUT2D eigenvalue weighted by atomic mass is 9.95. The number of unbranched alkanes of at least 4 members (excludes halogenated alkanes) is 1. The molecule has 1 fully saturated rings. The van der Waals surface area contributed by atoms with Crippen molar-refractivity contribution in [3.05, 3.63) is 23.8 Å². The second kappa shape index (κ2) is 9.07.